The zero-order chi connectivity index (χ0) is 21.3. The van der Waals surface area contributed by atoms with Crippen molar-refractivity contribution >= 4 is 35.6 Å². The summed E-state index contributed by atoms with van der Waals surface area (Å²) in [6, 6.07) is 18.0. The lowest BCUT2D eigenvalue weighted by Crippen LogP contribution is -2.17. The number of hydrogen-bond acceptors (Lipinski definition) is 3. The van der Waals surface area contributed by atoms with Gasteiger partial charge in [0.2, 0.25) is 0 Å². The maximum Gasteiger partial charge on any atom is 0.161 e. The van der Waals surface area contributed by atoms with Gasteiger partial charge in [0.1, 0.15) is 12.4 Å². The van der Waals surface area contributed by atoms with Gasteiger partial charge in [-0.15, -0.1) is 12.4 Å². The van der Waals surface area contributed by atoms with E-state index in [4.69, 9.17) is 32.7 Å². The van der Waals surface area contributed by atoms with Crippen LogP contribution in [0.2, 0.25) is 10.0 Å². The molecule has 0 bridgehead atoms. The minimum absolute atomic E-state index is 0. The summed E-state index contributed by atoms with van der Waals surface area (Å²) in [5.41, 5.74) is 2.62. The molecule has 1 N–H and O–H groups in total. The van der Waals surface area contributed by atoms with Gasteiger partial charge in [0.25, 0.3) is 0 Å². The molecule has 0 aliphatic heterocycles. The van der Waals surface area contributed by atoms with E-state index in [1.54, 1.807) is 18.2 Å². The van der Waals surface area contributed by atoms with Crippen molar-refractivity contribution in [2.45, 2.75) is 26.5 Å². The summed E-state index contributed by atoms with van der Waals surface area (Å²) in [5, 5.41) is 4.50. The van der Waals surface area contributed by atoms with Gasteiger partial charge in [-0.25, -0.2) is 4.39 Å². The Morgan fingerprint density at radius 3 is 2.45 bits per heavy atom. The minimum Gasteiger partial charge on any atom is -0.490 e. The third-order valence-electron chi connectivity index (χ3n) is 4.56. The Morgan fingerprint density at radius 1 is 0.903 bits per heavy atom. The Hall–Kier alpha value is -1.98. The number of halogens is 4. The highest BCUT2D eigenvalue weighted by atomic mass is 35.5. The van der Waals surface area contributed by atoms with Crippen molar-refractivity contribution in [1.82, 2.24) is 5.32 Å². The Kier molecular flexibility index (Phi) is 10.4. The van der Waals surface area contributed by atoms with Crippen LogP contribution in [0, 0.1) is 5.82 Å². The zero-order valence-corrected chi connectivity index (χ0v) is 19.5. The number of hydrogen-bond donors (Lipinski definition) is 1. The van der Waals surface area contributed by atoms with Crippen molar-refractivity contribution in [3.05, 3.63) is 93.2 Å². The molecular formula is C24H25Cl3FNO2. The lowest BCUT2D eigenvalue weighted by molar-refractivity contribution is 0.269. The van der Waals surface area contributed by atoms with Crippen LogP contribution in [-0.2, 0) is 19.6 Å². The largest absolute Gasteiger partial charge is 0.490 e. The molecule has 0 spiro atoms. The monoisotopic (exact) mass is 483 g/mol. The molecule has 3 aromatic carbocycles. The van der Waals surface area contributed by atoms with Gasteiger partial charge in [0.05, 0.1) is 6.61 Å². The molecule has 0 aliphatic carbocycles. The molecule has 0 fully saturated rings. The molecule has 0 saturated carbocycles. The number of nitrogens with one attached hydrogen (secondary N) is 1. The van der Waals surface area contributed by atoms with Crippen molar-refractivity contribution < 1.29 is 13.9 Å². The molecule has 0 radical (unpaired) electrons. The first-order valence-electron chi connectivity index (χ1n) is 9.83. The molecule has 0 aliphatic rings. The van der Waals surface area contributed by atoms with Gasteiger partial charge in [0.15, 0.2) is 11.5 Å². The Labute approximate surface area is 198 Å². The maximum absolute atomic E-state index is 13.7. The van der Waals surface area contributed by atoms with E-state index < -0.39 is 0 Å². The standard InChI is InChI=1S/C24H24Cl2FNO2.ClH/c1-2-29-24-13-17(15-28-12-11-18-5-3-4-6-22(18)27)7-10-23(24)30-16-19-8-9-20(25)14-21(19)26;/h3-10,13-14,28H,2,11-12,15-16H2,1H3;1H. The van der Waals surface area contributed by atoms with E-state index in [1.807, 2.05) is 43.3 Å². The van der Waals surface area contributed by atoms with Crippen LogP contribution in [0.15, 0.2) is 60.7 Å². The van der Waals surface area contributed by atoms with Crippen molar-refractivity contribution in [3.8, 4) is 11.5 Å². The second-order valence-electron chi connectivity index (χ2n) is 6.76. The van der Waals surface area contributed by atoms with E-state index in [0.29, 0.717) is 59.8 Å². The van der Waals surface area contributed by atoms with Crippen LogP contribution in [-0.4, -0.2) is 13.2 Å². The SMILES string of the molecule is CCOc1cc(CNCCc2ccccc2F)ccc1OCc1ccc(Cl)cc1Cl.Cl. The van der Waals surface area contributed by atoms with Gasteiger partial charge in [-0.1, -0.05) is 53.5 Å². The van der Waals surface area contributed by atoms with E-state index in [0.717, 1.165) is 11.1 Å². The van der Waals surface area contributed by atoms with Crippen LogP contribution < -0.4 is 14.8 Å². The predicted octanol–water partition coefficient (Wildman–Crippen LogP) is 6.86. The van der Waals surface area contributed by atoms with Crippen molar-refractivity contribution in [2.75, 3.05) is 13.2 Å². The van der Waals surface area contributed by atoms with Gasteiger partial charge in [-0.3, -0.25) is 0 Å². The van der Waals surface area contributed by atoms with Crippen molar-refractivity contribution in [1.29, 1.82) is 0 Å². The second kappa shape index (κ2) is 12.8. The van der Waals surface area contributed by atoms with E-state index in [-0.39, 0.29) is 18.2 Å². The number of benzene rings is 3. The van der Waals surface area contributed by atoms with E-state index in [2.05, 4.69) is 5.32 Å². The molecule has 3 rings (SSSR count). The normalized spacial score (nSPS) is 10.5. The fourth-order valence-corrected chi connectivity index (χ4v) is 3.46. The lowest BCUT2D eigenvalue weighted by Gasteiger charge is -2.14. The second-order valence-corrected chi connectivity index (χ2v) is 7.60. The molecule has 0 aromatic heterocycles. The molecule has 31 heavy (non-hydrogen) atoms. The van der Waals surface area contributed by atoms with Crippen LogP contribution in [0.4, 0.5) is 4.39 Å². The molecule has 7 heteroatoms. The van der Waals surface area contributed by atoms with Gasteiger partial charge in [0, 0.05) is 22.2 Å². The molecule has 0 amide bonds. The third-order valence-corrected chi connectivity index (χ3v) is 5.15. The summed E-state index contributed by atoms with van der Waals surface area (Å²) in [4.78, 5) is 0. The smallest absolute Gasteiger partial charge is 0.161 e. The van der Waals surface area contributed by atoms with Crippen LogP contribution in [0.5, 0.6) is 11.5 Å². The Balaban J connectivity index is 0.00000341. The van der Waals surface area contributed by atoms with Gasteiger partial charge >= 0.3 is 0 Å². The summed E-state index contributed by atoms with van der Waals surface area (Å²) in [6.45, 7) is 4.10. The summed E-state index contributed by atoms with van der Waals surface area (Å²) in [6.07, 6.45) is 0.633. The van der Waals surface area contributed by atoms with Crippen molar-refractivity contribution in [2.24, 2.45) is 0 Å². The molecule has 0 heterocycles. The van der Waals surface area contributed by atoms with Crippen LogP contribution in [0.3, 0.4) is 0 Å². The fraction of sp³-hybridized carbons (Fsp3) is 0.250. The average molecular weight is 485 g/mol. The third kappa shape index (κ3) is 7.58. The summed E-state index contributed by atoms with van der Waals surface area (Å²) in [7, 11) is 0. The fourth-order valence-electron chi connectivity index (χ4n) is 3.00. The number of ether oxygens (including phenoxy) is 2. The van der Waals surface area contributed by atoms with E-state index in [1.165, 1.54) is 6.07 Å². The summed E-state index contributed by atoms with van der Waals surface area (Å²) >= 11 is 12.2. The highest BCUT2D eigenvalue weighted by molar-refractivity contribution is 6.35. The highest BCUT2D eigenvalue weighted by Crippen LogP contribution is 2.30. The molecule has 0 unspecified atom stereocenters. The predicted molar refractivity (Wildman–Crippen MR) is 127 cm³/mol. The Bertz CT molecular complexity index is 985. The molecule has 3 aromatic rings. The van der Waals surface area contributed by atoms with Gasteiger partial charge in [-0.2, -0.15) is 0 Å². The minimum atomic E-state index is -0.166. The maximum atomic E-state index is 13.7. The lowest BCUT2D eigenvalue weighted by atomic mass is 10.1. The van der Waals surface area contributed by atoms with Crippen LogP contribution in [0.1, 0.15) is 23.6 Å². The quantitative estimate of drug-likeness (QED) is 0.319. The van der Waals surface area contributed by atoms with E-state index in [9.17, 15) is 4.39 Å². The molecular weight excluding hydrogens is 460 g/mol. The molecule has 0 saturated heterocycles. The molecule has 0 atom stereocenters. The first-order chi connectivity index (χ1) is 14.6. The highest BCUT2D eigenvalue weighted by Gasteiger charge is 2.09. The molecule has 166 valence electrons. The summed E-state index contributed by atoms with van der Waals surface area (Å²) in [5.74, 6) is 1.16. The first kappa shape index (κ1) is 25.3. The van der Waals surface area contributed by atoms with Crippen LogP contribution in [0.25, 0.3) is 0 Å². The zero-order valence-electron chi connectivity index (χ0n) is 17.2. The number of rotatable bonds is 10. The topological polar surface area (TPSA) is 30.5 Å². The van der Waals surface area contributed by atoms with Gasteiger partial charge in [-0.05, 0) is 61.3 Å². The first-order valence-corrected chi connectivity index (χ1v) is 10.6. The summed E-state index contributed by atoms with van der Waals surface area (Å²) < 4.78 is 25.4. The Morgan fingerprint density at radius 2 is 1.71 bits per heavy atom. The van der Waals surface area contributed by atoms with Crippen molar-refractivity contribution in [3.63, 3.8) is 0 Å². The van der Waals surface area contributed by atoms with E-state index >= 15 is 0 Å². The molecule has 3 nitrogen and oxygen atoms in total. The van der Waals surface area contributed by atoms with Gasteiger partial charge < -0.3 is 14.8 Å². The van der Waals surface area contributed by atoms with Crippen LogP contribution >= 0.6 is 35.6 Å². The average Bonchev–Trinajstić information content (AvgIpc) is 2.73.